The lowest BCUT2D eigenvalue weighted by Gasteiger charge is -2.02. The summed E-state index contributed by atoms with van der Waals surface area (Å²) in [5.41, 5.74) is 9.91. The van der Waals surface area contributed by atoms with Gasteiger partial charge in [-0.05, 0) is 0 Å². The number of carbonyl (C=O) groups is 1. The molecule has 4 N–H and O–H groups in total. The highest BCUT2D eigenvalue weighted by Gasteiger charge is 2.06. The molecule has 0 aromatic heterocycles. The van der Waals surface area contributed by atoms with Crippen LogP contribution in [0.25, 0.3) is 0 Å². The molecule has 1 unspecified atom stereocenters. The molecule has 0 spiro atoms. The van der Waals surface area contributed by atoms with E-state index in [-0.39, 0.29) is 19.0 Å². The Morgan fingerprint density at radius 1 is 1.78 bits per heavy atom. The maximum Gasteiger partial charge on any atom is 0.236 e. The minimum absolute atomic E-state index is 0. The second-order valence-electron chi connectivity index (χ2n) is 1.46. The second kappa shape index (κ2) is 5.81. The molecule has 1 atom stereocenters. The summed E-state index contributed by atoms with van der Waals surface area (Å²) in [4.78, 5) is 10.1. The first-order valence-electron chi connectivity index (χ1n) is 2.22. The fourth-order valence-corrected chi connectivity index (χ4v) is 0.262. The molecule has 0 radical (unpaired) electrons. The normalized spacial score (nSPS) is 11.8. The highest BCUT2D eigenvalue weighted by molar-refractivity contribution is 5.85. The Labute approximate surface area is 59.9 Å². The Kier molecular flexibility index (Phi) is 7.41. The SMILES string of the molecule is COCC(N)C(N)=O.Cl. The molecule has 5 heteroatoms. The predicted molar refractivity (Wildman–Crippen MR) is 36.3 cm³/mol. The van der Waals surface area contributed by atoms with Crippen LogP contribution < -0.4 is 11.5 Å². The topological polar surface area (TPSA) is 78.3 Å². The van der Waals surface area contributed by atoms with Crippen LogP contribution >= 0.6 is 12.4 Å². The molecule has 1 amide bonds. The van der Waals surface area contributed by atoms with E-state index >= 15 is 0 Å². The highest BCUT2D eigenvalue weighted by Crippen LogP contribution is 1.74. The van der Waals surface area contributed by atoms with Gasteiger partial charge in [0.2, 0.25) is 5.91 Å². The Hall–Kier alpha value is -0.320. The molecule has 0 saturated heterocycles. The number of nitrogens with two attached hydrogens (primary N) is 2. The van der Waals surface area contributed by atoms with Crippen molar-refractivity contribution in [2.24, 2.45) is 11.5 Å². The highest BCUT2D eigenvalue weighted by atomic mass is 35.5. The molecule has 9 heavy (non-hydrogen) atoms. The van der Waals surface area contributed by atoms with Crippen molar-refractivity contribution in [1.29, 1.82) is 0 Å². The first-order chi connectivity index (χ1) is 3.68. The van der Waals surface area contributed by atoms with Crippen LogP contribution in [0.3, 0.4) is 0 Å². The number of hydrogen-bond acceptors (Lipinski definition) is 3. The van der Waals surface area contributed by atoms with E-state index in [2.05, 4.69) is 4.74 Å². The molecule has 0 aliphatic rings. The lowest BCUT2D eigenvalue weighted by Crippen LogP contribution is -2.39. The molecule has 0 aliphatic heterocycles. The van der Waals surface area contributed by atoms with Crippen LogP contribution in [0.15, 0.2) is 0 Å². The van der Waals surface area contributed by atoms with E-state index in [0.717, 1.165) is 0 Å². The van der Waals surface area contributed by atoms with Gasteiger partial charge in [0.1, 0.15) is 6.04 Å². The Balaban J connectivity index is 0. The van der Waals surface area contributed by atoms with Crippen molar-refractivity contribution in [3.05, 3.63) is 0 Å². The molecule has 4 nitrogen and oxygen atoms in total. The van der Waals surface area contributed by atoms with E-state index in [1.807, 2.05) is 0 Å². The average Bonchev–Trinajstić information content (AvgIpc) is 1.67. The molecule has 0 saturated carbocycles. The monoisotopic (exact) mass is 154 g/mol. The maximum atomic E-state index is 10.1. The summed E-state index contributed by atoms with van der Waals surface area (Å²) in [5, 5.41) is 0. The van der Waals surface area contributed by atoms with Gasteiger partial charge >= 0.3 is 0 Å². The van der Waals surface area contributed by atoms with Gasteiger partial charge < -0.3 is 16.2 Å². The molecule has 0 fully saturated rings. The summed E-state index contributed by atoms with van der Waals surface area (Å²) in [6.45, 7) is 0.190. The van der Waals surface area contributed by atoms with Crippen LogP contribution in [0, 0.1) is 0 Å². The van der Waals surface area contributed by atoms with Crippen molar-refractivity contribution in [2.75, 3.05) is 13.7 Å². The number of amides is 1. The number of primary amides is 1. The lowest BCUT2D eigenvalue weighted by molar-refractivity contribution is -0.120. The van der Waals surface area contributed by atoms with Crippen LogP contribution in [0.2, 0.25) is 0 Å². The lowest BCUT2D eigenvalue weighted by atomic mass is 10.3. The molecular weight excluding hydrogens is 144 g/mol. The van der Waals surface area contributed by atoms with Gasteiger partial charge in [0.15, 0.2) is 0 Å². The number of carbonyl (C=O) groups excluding carboxylic acids is 1. The zero-order valence-corrected chi connectivity index (χ0v) is 5.98. The number of ether oxygens (including phenoxy) is 1. The van der Waals surface area contributed by atoms with Gasteiger partial charge in [-0.15, -0.1) is 12.4 Å². The summed E-state index contributed by atoms with van der Waals surface area (Å²) >= 11 is 0. The Morgan fingerprint density at radius 2 is 2.22 bits per heavy atom. The van der Waals surface area contributed by atoms with Crippen molar-refractivity contribution in [3.63, 3.8) is 0 Å². The molecule has 0 heterocycles. The molecule has 0 aromatic rings. The van der Waals surface area contributed by atoms with Crippen LogP contribution in [0.4, 0.5) is 0 Å². The minimum atomic E-state index is -0.667. The number of rotatable bonds is 3. The van der Waals surface area contributed by atoms with Crippen molar-refractivity contribution in [1.82, 2.24) is 0 Å². The van der Waals surface area contributed by atoms with Gasteiger partial charge in [-0.1, -0.05) is 0 Å². The van der Waals surface area contributed by atoms with Crippen LogP contribution in [-0.4, -0.2) is 25.7 Å². The van der Waals surface area contributed by atoms with E-state index in [0.29, 0.717) is 0 Å². The number of hydrogen-bond donors (Lipinski definition) is 2. The van der Waals surface area contributed by atoms with Crippen molar-refractivity contribution in [2.45, 2.75) is 6.04 Å². The van der Waals surface area contributed by atoms with Gasteiger partial charge in [0.05, 0.1) is 6.61 Å². The number of methoxy groups -OCH3 is 1. The summed E-state index contributed by atoms with van der Waals surface area (Å²) < 4.78 is 4.54. The fraction of sp³-hybridized carbons (Fsp3) is 0.750. The van der Waals surface area contributed by atoms with E-state index in [1.165, 1.54) is 7.11 Å². The maximum absolute atomic E-state index is 10.1. The van der Waals surface area contributed by atoms with Gasteiger partial charge in [-0.25, -0.2) is 0 Å². The summed E-state index contributed by atoms with van der Waals surface area (Å²) in [5.74, 6) is -0.535. The van der Waals surface area contributed by atoms with E-state index in [1.54, 1.807) is 0 Å². The standard InChI is InChI=1S/C4H10N2O2.ClH/c1-8-2-3(5)4(6)7;/h3H,2,5H2,1H3,(H2,6,7);1H. The molecule has 0 bridgehead atoms. The fourth-order valence-electron chi connectivity index (χ4n) is 0.262. The van der Waals surface area contributed by atoms with Crippen LogP contribution in [-0.2, 0) is 9.53 Å². The van der Waals surface area contributed by atoms with E-state index < -0.39 is 11.9 Å². The van der Waals surface area contributed by atoms with Gasteiger partial charge in [-0.2, -0.15) is 0 Å². The quantitative estimate of drug-likeness (QED) is 0.540. The molecule has 0 rings (SSSR count). The zero-order valence-electron chi connectivity index (χ0n) is 5.16. The molecule has 56 valence electrons. The van der Waals surface area contributed by atoms with Gasteiger partial charge in [-0.3, -0.25) is 4.79 Å². The van der Waals surface area contributed by atoms with Gasteiger partial charge in [0.25, 0.3) is 0 Å². The van der Waals surface area contributed by atoms with E-state index in [9.17, 15) is 4.79 Å². The minimum Gasteiger partial charge on any atom is -0.383 e. The van der Waals surface area contributed by atoms with Crippen molar-refractivity contribution in [3.8, 4) is 0 Å². The Bertz CT molecular complexity index is 88.6. The third-order valence-electron chi connectivity index (χ3n) is 0.712. The summed E-state index contributed by atoms with van der Waals surface area (Å²) in [6, 6.07) is -0.667. The Morgan fingerprint density at radius 3 is 2.33 bits per heavy atom. The largest absolute Gasteiger partial charge is 0.383 e. The number of halogens is 1. The smallest absolute Gasteiger partial charge is 0.236 e. The van der Waals surface area contributed by atoms with E-state index in [4.69, 9.17) is 11.5 Å². The third kappa shape index (κ3) is 5.55. The molecule has 0 aliphatic carbocycles. The van der Waals surface area contributed by atoms with Crippen molar-refractivity contribution >= 4 is 18.3 Å². The first-order valence-corrected chi connectivity index (χ1v) is 2.22. The van der Waals surface area contributed by atoms with Gasteiger partial charge in [0, 0.05) is 7.11 Å². The average molecular weight is 155 g/mol. The summed E-state index contributed by atoms with van der Waals surface area (Å²) in [6.07, 6.45) is 0. The second-order valence-corrected chi connectivity index (χ2v) is 1.46. The van der Waals surface area contributed by atoms with Crippen molar-refractivity contribution < 1.29 is 9.53 Å². The van der Waals surface area contributed by atoms with Crippen LogP contribution in [0.1, 0.15) is 0 Å². The predicted octanol–water partition coefficient (Wildman–Crippen LogP) is -1.13. The third-order valence-corrected chi connectivity index (χ3v) is 0.712. The zero-order chi connectivity index (χ0) is 6.57. The first kappa shape index (κ1) is 11.5. The molecule has 0 aromatic carbocycles. The summed E-state index contributed by atoms with van der Waals surface area (Å²) in [7, 11) is 1.46. The molecular formula is C4H11ClN2O2. The van der Waals surface area contributed by atoms with Crippen LogP contribution in [0.5, 0.6) is 0 Å².